The van der Waals surface area contributed by atoms with Crippen molar-refractivity contribution in [2.75, 3.05) is 39.6 Å². The number of nitrogens with zero attached hydrogens (tertiary/aromatic N) is 3. The van der Waals surface area contributed by atoms with Crippen molar-refractivity contribution >= 4 is 40.0 Å². The number of carbonyl (C=O) groups is 1. The first-order valence-electron chi connectivity index (χ1n) is 11.8. The van der Waals surface area contributed by atoms with E-state index in [2.05, 4.69) is 20.3 Å². The Hall–Kier alpha value is -2.24. The number of pyridine rings is 1. The zero-order valence-electron chi connectivity index (χ0n) is 20.1. The summed E-state index contributed by atoms with van der Waals surface area (Å²) in [6.45, 7) is 2.39. The Labute approximate surface area is 214 Å². The van der Waals surface area contributed by atoms with Gasteiger partial charge in [-0.1, -0.05) is 11.8 Å². The molecule has 1 fully saturated rings. The number of ether oxygens (including phenoxy) is 1. The van der Waals surface area contributed by atoms with Gasteiger partial charge >= 0.3 is 5.97 Å². The minimum absolute atomic E-state index is 0.0835. The van der Waals surface area contributed by atoms with Crippen molar-refractivity contribution in [3.8, 4) is 5.75 Å². The van der Waals surface area contributed by atoms with E-state index in [-0.39, 0.29) is 17.9 Å². The summed E-state index contributed by atoms with van der Waals surface area (Å²) in [7, 11) is 3.26. The van der Waals surface area contributed by atoms with E-state index in [4.69, 9.17) is 9.57 Å². The lowest BCUT2D eigenvalue weighted by molar-refractivity contribution is -0.146. The molecule has 0 aliphatic carbocycles. The number of thioether (sulfide) groups is 1. The van der Waals surface area contributed by atoms with Gasteiger partial charge < -0.3 is 19.6 Å². The SMILES string of the molecule is CONC(CC[C@@H]1CCN(CCSc2nccs2)C[C@@H]1C(=O)O)c1ccnc2ccc(OC)cc12. The number of piperidine rings is 1. The summed E-state index contributed by atoms with van der Waals surface area (Å²) >= 11 is 3.38. The number of aromatic nitrogens is 2. The Kier molecular flexibility index (Phi) is 9.33. The van der Waals surface area contributed by atoms with Gasteiger partial charge in [0.1, 0.15) is 10.1 Å². The van der Waals surface area contributed by atoms with Crippen LogP contribution in [-0.4, -0.2) is 65.6 Å². The number of carboxylic acids is 1. The molecule has 0 spiro atoms. The van der Waals surface area contributed by atoms with Crippen molar-refractivity contribution in [3.63, 3.8) is 0 Å². The number of aliphatic carboxylic acids is 1. The number of nitrogens with one attached hydrogen (secondary N) is 1. The monoisotopic (exact) mass is 516 g/mol. The van der Waals surface area contributed by atoms with Crippen molar-refractivity contribution in [3.05, 3.63) is 47.6 Å². The molecule has 1 aliphatic heterocycles. The third kappa shape index (κ3) is 6.71. The van der Waals surface area contributed by atoms with Crippen LogP contribution in [0.3, 0.4) is 0 Å². The zero-order chi connectivity index (χ0) is 24.6. The van der Waals surface area contributed by atoms with Crippen molar-refractivity contribution in [1.29, 1.82) is 0 Å². The highest BCUT2D eigenvalue weighted by Gasteiger charge is 2.34. The van der Waals surface area contributed by atoms with Gasteiger partial charge in [-0.15, -0.1) is 11.3 Å². The number of hydrogen-bond acceptors (Lipinski definition) is 9. The van der Waals surface area contributed by atoms with Crippen LogP contribution in [0, 0.1) is 11.8 Å². The number of rotatable bonds is 12. The third-order valence-electron chi connectivity index (χ3n) is 6.64. The first kappa shape index (κ1) is 25.8. The molecular formula is C25H32N4O4S2. The normalized spacial score (nSPS) is 19.6. The fraction of sp³-hybridized carbons (Fsp3) is 0.480. The smallest absolute Gasteiger partial charge is 0.308 e. The van der Waals surface area contributed by atoms with Crippen LogP contribution in [0.4, 0.5) is 0 Å². The van der Waals surface area contributed by atoms with Crippen molar-refractivity contribution < 1.29 is 19.5 Å². The van der Waals surface area contributed by atoms with Gasteiger partial charge in [0.25, 0.3) is 0 Å². The summed E-state index contributed by atoms with van der Waals surface area (Å²) in [5.74, 6) is 0.741. The summed E-state index contributed by atoms with van der Waals surface area (Å²) in [5, 5.41) is 13.0. The molecule has 3 heterocycles. The van der Waals surface area contributed by atoms with Crippen molar-refractivity contribution in [2.45, 2.75) is 29.6 Å². The topological polar surface area (TPSA) is 96.8 Å². The number of carboxylic acid groups (broad SMARTS) is 1. The lowest BCUT2D eigenvalue weighted by atomic mass is 9.81. The predicted molar refractivity (Wildman–Crippen MR) is 139 cm³/mol. The van der Waals surface area contributed by atoms with Crippen LogP contribution >= 0.6 is 23.1 Å². The molecule has 1 saturated heterocycles. The zero-order valence-corrected chi connectivity index (χ0v) is 21.7. The molecule has 4 rings (SSSR count). The van der Waals surface area contributed by atoms with E-state index in [1.54, 1.807) is 43.5 Å². The Balaban J connectivity index is 1.40. The van der Waals surface area contributed by atoms with Crippen LogP contribution in [0.2, 0.25) is 0 Å². The average Bonchev–Trinajstić information content (AvgIpc) is 3.40. The van der Waals surface area contributed by atoms with E-state index in [0.717, 1.165) is 64.7 Å². The number of likely N-dealkylation sites (tertiary alicyclic amines) is 1. The predicted octanol–water partition coefficient (Wildman–Crippen LogP) is 4.49. The molecule has 8 nitrogen and oxygen atoms in total. The number of thiazole rings is 1. The molecule has 35 heavy (non-hydrogen) atoms. The number of benzene rings is 1. The third-order valence-corrected chi connectivity index (χ3v) is 8.59. The minimum atomic E-state index is -0.706. The number of hydroxylamine groups is 1. The summed E-state index contributed by atoms with van der Waals surface area (Å²) in [4.78, 5) is 28.6. The van der Waals surface area contributed by atoms with Gasteiger partial charge in [-0.3, -0.25) is 9.78 Å². The summed E-state index contributed by atoms with van der Waals surface area (Å²) in [5.41, 5.74) is 5.08. The van der Waals surface area contributed by atoms with Crippen molar-refractivity contribution in [2.24, 2.45) is 11.8 Å². The molecule has 188 valence electrons. The Morgan fingerprint density at radius 1 is 1.31 bits per heavy atom. The van der Waals surface area contributed by atoms with Crippen LogP contribution < -0.4 is 10.2 Å². The fourth-order valence-corrected chi connectivity index (χ4v) is 6.53. The molecule has 2 aromatic heterocycles. The first-order chi connectivity index (χ1) is 17.1. The van der Waals surface area contributed by atoms with E-state index in [1.807, 2.05) is 35.8 Å². The van der Waals surface area contributed by atoms with Crippen molar-refractivity contribution in [1.82, 2.24) is 20.3 Å². The van der Waals surface area contributed by atoms with Gasteiger partial charge in [-0.05, 0) is 61.6 Å². The standard InChI is InChI=1S/C25H32N4O4S2/c1-32-18-4-6-22-20(15-18)19(7-9-26-22)23(28-33-2)5-3-17-8-11-29(16-21(17)24(30)31)12-14-35-25-27-10-13-34-25/h4,6-7,9-10,13,15,17,21,23,28H,3,5,8,11-12,14,16H2,1-2H3,(H,30,31)/t17-,21+,23?/m1/s1. The summed E-state index contributed by atoms with van der Waals surface area (Å²) < 4.78 is 6.48. The van der Waals surface area contributed by atoms with Crippen LogP contribution in [0.15, 0.2) is 46.4 Å². The Morgan fingerprint density at radius 3 is 2.94 bits per heavy atom. The lowest BCUT2D eigenvalue weighted by Crippen LogP contribution is -2.44. The molecule has 0 radical (unpaired) electrons. The van der Waals surface area contributed by atoms with E-state index in [9.17, 15) is 9.90 Å². The van der Waals surface area contributed by atoms with Gasteiger partial charge in [-0.2, -0.15) is 5.48 Å². The van der Waals surface area contributed by atoms with E-state index in [0.29, 0.717) is 6.54 Å². The van der Waals surface area contributed by atoms with E-state index >= 15 is 0 Å². The molecule has 0 amide bonds. The number of methoxy groups -OCH3 is 1. The Bertz CT molecular complexity index is 1100. The second kappa shape index (κ2) is 12.6. The molecule has 0 saturated carbocycles. The summed E-state index contributed by atoms with van der Waals surface area (Å²) in [6, 6.07) is 7.75. The maximum Gasteiger partial charge on any atom is 0.308 e. The second-order valence-electron chi connectivity index (χ2n) is 8.68. The van der Waals surface area contributed by atoms with Crippen LogP contribution in [0.5, 0.6) is 5.75 Å². The molecule has 3 aromatic rings. The molecule has 2 N–H and O–H groups in total. The van der Waals surface area contributed by atoms with Gasteiger partial charge in [-0.25, -0.2) is 4.98 Å². The fourth-order valence-electron chi connectivity index (χ4n) is 4.82. The maximum atomic E-state index is 12.2. The van der Waals surface area contributed by atoms with E-state index < -0.39 is 5.97 Å². The second-order valence-corrected chi connectivity index (χ2v) is 10.9. The van der Waals surface area contributed by atoms with Gasteiger partial charge in [0, 0.05) is 42.0 Å². The average molecular weight is 517 g/mol. The molecule has 0 bridgehead atoms. The number of fused-ring (bicyclic) bond motifs is 1. The molecule has 1 unspecified atom stereocenters. The molecule has 1 aromatic carbocycles. The summed E-state index contributed by atoms with van der Waals surface area (Å²) in [6.07, 6.45) is 6.06. The highest BCUT2D eigenvalue weighted by molar-refractivity contribution is 8.01. The van der Waals surface area contributed by atoms with Crippen LogP contribution in [0.25, 0.3) is 10.9 Å². The van der Waals surface area contributed by atoms with Crippen LogP contribution in [0.1, 0.15) is 30.9 Å². The van der Waals surface area contributed by atoms with Gasteiger partial charge in [0.2, 0.25) is 0 Å². The highest BCUT2D eigenvalue weighted by atomic mass is 32.2. The molecule has 1 aliphatic rings. The highest BCUT2D eigenvalue weighted by Crippen LogP contribution is 2.34. The first-order valence-corrected chi connectivity index (χ1v) is 13.6. The quantitative estimate of drug-likeness (QED) is 0.267. The van der Waals surface area contributed by atoms with E-state index in [1.165, 1.54) is 0 Å². The molecular weight excluding hydrogens is 484 g/mol. The largest absolute Gasteiger partial charge is 0.497 e. The Morgan fingerprint density at radius 2 is 2.20 bits per heavy atom. The number of hydrogen-bond donors (Lipinski definition) is 2. The molecule has 3 atom stereocenters. The molecule has 10 heteroatoms. The van der Waals surface area contributed by atoms with Gasteiger partial charge in [0.05, 0.1) is 31.7 Å². The van der Waals surface area contributed by atoms with Crippen LogP contribution in [-0.2, 0) is 9.63 Å². The minimum Gasteiger partial charge on any atom is -0.497 e. The maximum absolute atomic E-state index is 12.2. The van der Waals surface area contributed by atoms with Gasteiger partial charge in [0.15, 0.2) is 0 Å². The lowest BCUT2D eigenvalue weighted by Gasteiger charge is -2.37.